The van der Waals surface area contributed by atoms with Crippen LogP contribution in [0, 0.1) is 0 Å². The van der Waals surface area contributed by atoms with Crippen LogP contribution in [0.15, 0.2) is 17.8 Å². The Hall–Kier alpha value is -1.93. The summed E-state index contributed by atoms with van der Waals surface area (Å²) in [5.41, 5.74) is 9.54. The average Bonchev–Trinajstić information content (AvgIpc) is 3.03. The summed E-state index contributed by atoms with van der Waals surface area (Å²) in [6.07, 6.45) is 2.36. The maximum atomic E-state index is 9.26. The molecule has 2 aromatic rings. The first-order valence-electron chi connectivity index (χ1n) is 5.88. The van der Waals surface area contributed by atoms with E-state index in [1.165, 1.54) is 6.33 Å². The average molecular weight is 296 g/mol. The summed E-state index contributed by atoms with van der Waals surface area (Å²) in [6.45, 7) is -0.220. The summed E-state index contributed by atoms with van der Waals surface area (Å²) in [7, 11) is 0. The van der Waals surface area contributed by atoms with Crippen molar-refractivity contribution in [1.29, 1.82) is 0 Å². The zero-order valence-corrected chi connectivity index (χ0v) is 10.9. The van der Waals surface area contributed by atoms with Gasteiger partial charge in [0.15, 0.2) is 10.8 Å². The van der Waals surface area contributed by atoms with Gasteiger partial charge >= 0.3 is 0 Å². The molecule has 0 amide bonds. The molecule has 20 heavy (non-hydrogen) atoms. The van der Waals surface area contributed by atoms with Gasteiger partial charge in [0.2, 0.25) is 0 Å². The third-order valence-corrected chi connectivity index (χ3v) is 3.49. The van der Waals surface area contributed by atoms with Crippen molar-refractivity contribution in [2.24, 2.45) is 5.11 Å². The Morgan fingerprint density at radius 2 is 2.40 bits per heavy atom. The van der Waals surface area contributed by atoms with Crippen molar-refractivity contribution in [3.05, 3.63) is 28.3 Å². The number of fused-ring (bicyclic) bond motifs is 1. The monoisotopic (exact) mass is 295 g/mol. The van der Waals surface area contributed by atoms with Crippen molar-refractivity contribution in [2.45, 2.75) is 24.8 Å². The lowest BCUT2D eigenvalue weighted by molar-refractivity contribution is -0.0233. The molecule has 1 fully saturated rings. The van der Waals surface area contributed by atoms with Gasteiger partial charge in [-0.25, -0.2) is 15.0 Å². The number of rotatable bonds is 3. The first-order chi connectivity index (χ1) is 9.74. The Morgan fingerprint density at radius 1 is 1.55 bits per heavy atom. The van der Waals surface area contributed by atoms with Crippen LogP contribution in [0.4, 0.5) is 0 Å². The number of aromatic nitrogens is 4. The second-order valence-corrected chi connectivity index (χ2v) is 4.67. The molecule has 1 aliphatic heterocycles. The van der Waals surface area contributed by atoms with Crippen LogP contribution < -0.4 is 0 Å². The highest BCUT2D eigenvalue weighted by Crippen LogP contribution is 2.33. The van der Waals surface area contributed by atoms with E-state index in [1.807, 2.05) is 0 Å². The Labute approximate surface area is 117 Å². The van der Waals surface area contributed by atoms with Crippen molar-refractivity contribution in [3.8, 4) is 0 Å². The van der Waals surface area contributed by atoms with Gasteiger partial charge in [-0.2, -0.15) is 0 Å². The highest BCUT2D eigenvalue weighted by atomic mass is 35.5. The van der Waals surface area contributed by atoms with Gasteiger partial charge in [-0.3, -0.25) is 4.57 Å². The minimum atomic E-state index is -0.536. The van der Waals surface area contributed by atoms with Crippen molar-refractivity contribution in [1.82, 2.24) is 19.5 Å². The fourth-order valence-electron chi connectivity index (χ4n) is 2.27. The fraction of sp³-hybridized carbons (Fsp3) is 0.500. The highest BCUT2D eigenvalue weighted by molar-refractivity contribution is 6.33. The predicted octanol–water partition coefficient (Wildman–Crippen LogP) is 1.44. The molecule has 0 aromatic carbocycles. The molecular weight excluding hydrogens is 286 g/mol. The summed E-state index contributed by atoms with van der Waals surface area (Å²) < 4.78 is 7.37. The molecule has 1 saturated heterocycles. The van der Waals surface area contributed by atoms with Gasteiger partial charge in [0.1, 0.15) is 18.1 Å². The van der Waals surface area contributed by atoms with E-state index in [4.69, 9.17) is 21.9 Å². The summed E-state index contributed by atoms with van der Waals surface area (Å²) in [5.74, 6) is 0. The number of azide groups is 1. The molecule has 0 saturated carbocycles. The maximum Gasteiger partial charge on any atom is 0.166 e. The number of aliphatic hydroxyl groups is 1. The largest absolute Gasteiger partial charge is 0.394 e. The first kappa shape index (κ1) is 13.1. The molecule has 9 nitrogen and oxygen atoms in total. The number of hydrogen-bond donors (Lipinski definition) is 1. The van der Waals surface area contributed by atoms with Crippen LogP contribution in [-0.4, -0.2) is 43.4 Å². The number of imidazole rings is 1. The van der Waals surface area contributed by atoms with Gasteiger partial charge in [-0.1, -0.05) is 16.7 Å². The molecule has 1 N–H and O–H groups in total. The molecule has 0 aliphatic carbocycles. The van der Waals surface area contributed by atoms with E-state index in [0.29, 0.717) is 17.6 Å². The molecule has 2 aromatic heterocycles. The van der Waals surface area contributed by atoms with E-state index in [0.717, 1.165) is 0 Å². The van der Waals surface area contributed by atoms with Crippen LogP contribution in [0.1, 0.15) is 12.6 Å². The van der Waals surface area contributed by atoms with Crippen LogP contribution in [0.5, 0.6) is 0 Å². The zero-order valence-electron chi connectivity index (χ0n) is 10.2. The third kappa shape index (κ3) is 2.06. The van der Waals surface area contributed by atoms with Gasteiger partial charge in [0.05, 0.1) is 25.1 Å². The van der Waals surface area contributed by atoms with E-state index in [-0.39, 0.29) is 11.8 Å². The highest BCUT2D eigenvalue weighted by Gasteiger charge is 2.36. The van der Waals surface area contributed by atoms with Crippen molar-refractivity contribution in [3.63, 3.8) is 0 Å². The van der Waals surface area contributed by atoms with Gasteiger partial charge in [0.25, 0.3) is 0 Å². The van der Waals surface area contributed by atoms with Crippen molar-refractivity contribution >= 4 is 22.8 Å². The standard InChI is InChI=1S/C10H10ClN7O2/c11-9-8-10(14-3-13-9)18(4-15-8)7-1-5(16-17-12)6(2-19)20-7/h3-7,19H,1-2H2/t5-,6+,7+/m1/s1. The lowest BCUT2D eigenvalue weighted by atomic mass is 10.1. The Morgan fingerprint density at radius 3 is 3.15 bits per heavy atom. The minimum Gasteiger partial charge on any atom is -0.394 e. The normalized spacial score (nSPS) is 25.8. The lowest BCUT2D eigenvalue weighted by Crippen LogP contribution is -2.22. The molecule has 0 radical (unpaired) electrons. The summed E-state index contributed by atoms with van der Waals surface area (Å²) >= 11 is 5.94. The molecule has 0 unspecified atom stereocenters. The lowest BCUT2D eigenvalue weighted by Gasteiger charge is -2.13. The molecule has 3 atom stereocenters. The Bertz CT molecular complexity index is 683. The van der Waals surface area contributed by atoms with Gasteiger partial charge in [-0.05, 0) is 5.53 Å². The second kappa shape index (κ2) is 5.22. The number of ether oxygens (including phenoxy) is 1. The third-order valence-electron chi connectivity index (χ3n) is 3.21. The number of aliphatic hydroxyl groups excluding tert-OH is 1. The Kier molecular flexibility index (Phi) is 3.41. The van der Waals surface area contributed by atoms with Gasteiger partial charge < -0.3 is 9.84 Å². The minimum absolute atomic E-state index is 0.220. The number of nitrogens with zero attached hydrogens (tertiary/aromatic N) is 7. The fourth-order valence-corrected chi connectivity index (χ4v) is 2.45. The summed E-state index contributed by atoms with van der Waals surface area (Å²) in [6, 6.07) is -0.426. The maximum absolute atomic E-state index is 9.26. The summed E-state index contributed by atoms with van der Waals surface area (Å²) in [4.78, 5) is 14.9. The van der Waals surface area contributed by atoms with E-state index in [1.54, 1.807) is 10.9 Å². The second-order valence-electron chi connectivity index (χ2n) is 4.31. The molecule has 0 spiro atoms. The molecule has 0 bridgehead atoms. The zero-order chi connectivity index (χ0) is 14.1. The quantitative estimate of drug-likeness (QED) is 0.397. The van der Waals surface area contributed by atoms with Gasteiger partial charge in [-0.15, -0.1) is 0 Å². The van der Waals surface area contributed by atoms with Crippen molar-refractivity contribution < 1.29 is 9.84 Å². The SMILES string of the molecule is [N-]=[N+]=N[C@@H]1C[C@@H](n2cnc3c(Cl)ncnc32)O[C@H]1CO. The molecule has 1 aliphatic rings. The molecule has 104 valence electrons. The van der Waals surface area contributed by atoms with Crippen LogP contribution in [0.3, 0.4) is 0 Å². The van der Waals surface area contributed by atoms with E-state index < -0.39 is 18.4 Å². The number of halogens is 1. The van der Waals surface area contributed by atoms with Crippen LogP contribution >= 0.6 is 11.6 Å². The van der Waals surface area contributed by atoms with E-state index >= 15 is 0 Å². The first-order valence-corrected chi connectivity index (χ1v) is 6.26. The van der Waals surface area contributed by atoms with E-state index in [9.17, 15) is 5.11 Å². The molecule has 3 rings (SSSR count). The smallest absolute Gasteiger partial charge is 0.166 e. The van der Waals surface area contributed by atoms with Crippen molar-refractivity contribution in [2.75, 3.05) is 6.61 Å². The predicted molar refractivity (Wildman–Crippen MR) is 68.9 cm³/mol. The van der Waals surface area contributed by atoms with Crippen LogP contribution in [0.2, 0.25) is 5.15 Å². The molecule has 3 heterocycles. The Balaban J connectivity index is 1.96. The van der Waals surface area contributed by atoms with Crippen LogP contribution in [-0.2, 0) is 4.74 Å². The topological polar surface area (TPSA) is 122 Å². The van der Waals surface area contributed by atoms with Gasteiger partial charge in [0, 0.05) is 11.3 Å². The van der Waals surface area contributed by atoms with E-state index in [2.05, 4.69) is 25.0 Å². The molecule has 10 heteroatoms. The van der Waals surface area contributed by atoms with Crippen LogP contribution in [0.25, 0.3) is 21.6 Å². The number of hydrogen-bond acceptors (Lipinski definition) is 6. The summed E-state index contributed by atoms with van der Waals surface area (Å²) in [5, 5.41) is 13.2. The molecular formula is C10H10ClN7O2.